The molecular formula is C13H19ClN2O. The Morgan fingerprint density at radius 3 is 2.88 bits per heavy atom. The summed E-state index contributed by atoms with van der Waals surface area (Å²) in [6.07, 6.45) is 2.21. The predicted molar refractivity (Wildman–Crippen MR) is 72.6 cm³/mol. The average molecular weight is 255 g/mol. The third-order valence-corrected chi connectivity index (χ3v) is 2.70. The van der Waals surface area contributed by atoms with E-state index in [4.69, 9.17) is 11.6 Å². The lowest BCUT2D eigenvalue weighted by Crippen LogP contribution is -2.28. The Hall–Kier alpha value is -1.06. The van der Waals surface area contributed by atoms with Crippen LogP contribution < -0.4 is 10.6 Å². The molecule has 0 aliphatic carbocycles. The van der Waals surface area contributed by atoms with Crippen molar-refractivity contribution in [1.29, 1.82) is 0 Å². The number of hydrogen-bond acceptors (Lipinski definition) is 2. The molecule has 0 heterocycles. The van der Waals surface area contributed by atoms with Crippen molar-refractivity contribution in [1.82, 2.24) is 5.32 Å². The van der Waals surface area contributed by atoms with Crippen molar-refractivity contribution in [3.8, 4) is 0 Å². The molecule has 1 amide bonds. The van der Waals surface area contributed by atoms with Crippen molar-refractivity contribution >= 4 is 23.2 Å². The normalized spacial score (nSPS) is 10.3. The van der Waals surface area contributed by atoms with Crippen LogP contribution >= 0.6 is 11.6 Å². The Morgan fingerprint density at radius 1 is 1.41 bits per heavy atom. The largest absolute Gasteiger partial charge is 0.325 e. The molecule has 4 heteroatoms. The highest BCUT2D eigenvalue weighted by Crippen LogP contribution is 2.19. The number of amides is 1. The van der Waals surface area contributed by atoms with Crippen LogP contribution in [0.2, 0.25) is 5.02 Å². The Balaban J connectivity index is 2.42. The van der Waals surface area contributed by atoms with E-state index in [-0.39, 0.29) is 5.91 Å². The second-order valence-corrected chi connectivity index (χ2v) is 4.47. The predicted octanol–water partition coefficient (Wildman–Crippen LogP) is 2.98. The Kier molecular flexibility index (Phi) is 6.01. The fourth-order valence-electron chi connectivity index (χ4n) is 1.43. The van der Waals surface area contributed by atoms with Crippen molar-refractivity contribution in [2.75, 3.05) is 18.4 Å². The maximum absolute atomic E-state index is 11.6. The van der Waals surface area contributed by atoms with E-state index in [2.05, 4.69) is 17.6 Å². The highest BCUT2D eigenvalue weighted by molar-refractivity contribution is 6.31. The molecule has 94 valence electrons. The first kappa shape index (κ1) is 14.0. The highest BCUT2D eigenvalue weighted by Gasteiger charge is 2.04. The number of hydrogen-bond donors (Lipinski definition) is 2. The SMILES string of the molecule is CCCCNCC(=O)Nc1cc(Cl)ccc1C. The summed E-state index contributed by atoms with van der Waals surface area (Å²) in [5.74, 6) is -0.0357. The van der Waals surface area contributed by atoms with E-state index in [9.17, 15) is 4.79 Å². The quantitative estimate of drug-likeness (QED) is 0.767. The Morgan fingerprint density at radius 2 is 2.18 bits per heavy atom. The van der Waals surface area contributed by atoms with Gasteiger partial charge in [-0.2, -0.15) is 0 Å². The van der Waals surface area contributed by atoms with E-state index in [1.54, 1.807) is 6.07 Å². The van der Waals surface area contributed by atoms with Crippen LogP contribution in [-0.4, -0.2) is 19.0 Å². The molecule has 0 spiro atoms. The number of rotatable bonds is 6. The van der Waals surface area contributed by atoms with Gasteiger partial charge in [-0.3, -0.25) is 4.79 Å². The van der Waals surface area contributed by atoms with Gasteiger partial charge in [0.15, 0.2) is 0 Å². The number of aryl methyl sites for hydroxylation is 1. The first-order valence-electron chi connectivity index (χ1n) is 5.90. The molecule has 1 aromatic carbocycles. The fraction of sp³-hybridized carbons (Fsp3) is 0.462. The van der Waals surface area contributed by atoms with Crippen LogP contribution in [0, 0.1) is 6.92 Å². The first-order valence-corrected chi connectivity index (χ1v) is 6.28. The molecule has 0 unspecified atom stereocenters. The number of carbonyl (C=O) groups excluding carboxylic acids is 1. The first-order chi connectivity index (χ1) is 8.13. The molecule has 0 saturated heterocycles. The van der Waals surface area contributed by atoms with Crippen LogP contribution in [-0.2, 0) is 4.79 Å². The molecule has 0 aliphatic rings. The van der Waals surface area contributed by atoms with Gasteiger partial charge in [-0.1, -0.05) is 31.0 Å². The van der Waals surface area contributed by atoms with E-state index >= 15 is 0 Å². The van der Waals surface area contributed by atoms with Gasteiger partial charge >= 0.3 is 0 Å². The van der Waals surface area contributed by atoms with Gasteiger partial charge in [0, 0.05) is 10.7 Å². The van der Waals surface area contributed by atoms with Gasteiger partial charge in [-0.15, -0.1) is 0 Å². The summed E-state index contributed by atoms with van der Waals surface area (Å²) >= 11 is 5.88. The minimum atomic E-state index is -0.0357. The molecule has 0 atom stereocenters. The topological polar surface area (TPSA) is 41.1 Å². The van der Waals surface area contributed by atoms with Crippen LogP contribution in [0.25, 0.3) is 0 Å². The highest BCUT2D eigenvalue weighted by atomic mass is 35.5. The zero-order valence-corrected chi connectivity index (χ0v) is 11.1. The van der Waals surface area contributed by atoms with E-state index < -0.39 is 0 Å². The number of carbonyl (C=O) groups is 1. The molecular weight excluding hydrogens is 236 g/mol. The summed E-state index contributed by atoms with van der Waals surface area (Å²) in [4.78, 5) is 11.6. The van der Waals surface area contributed by atoms with Crippen molar-refractivity contribution < 1.29 is 4.79 Å². The molecule has 0 radical (unpaired) electrons. The molecule has 1 rings (SSSR count). The summed E-state index contributed by atoms with van der Waals surface area (Å²) in [6, 6.07) is 5.47. The van der Waals surface area contributed by atoms with Crippen molar-refractivity contribution in [2.24, 2.45) is 0 Å². The third-order valence-electron chi connectivity index (χ3n) is 2.47. The van der Waals surface area contributed by atoms with E-state index in [1.807, 2.05) is 19.1 Å². The summed E-state index contributed by atoms with van der Waals surface area (Å²) in [5.41, 5.74) is 1.79. The molecule has 17 heavy (non-hydrogen) atoms. The number of benzene rings is 1. The molecule has 1 aromatic rings. The minimum absolute atomic E-state index is 0.0357. The van der Waals surface area contributed by atoms with Crippen LogP contribution in [0.1, 0.15) is 25.3 Å². The Bertz CT molecular complexity index is 380. The third kappa shape index (κ3) is 5.20. The van der Waals surface area contributed by atoms with Gasteiger partial charge in [0.05, 0.1) is 6.54 Å². The average Bonchev–Trinajstić information content (AvgIpc) is 2.29. The van der Waals surface area contributed by atoms with Gasteiger partial charge < -0.3 is 10.6 Å². The molecule has 0 aliphatic heterocycles. The van der Waals surface area contributed by atoms with Gasteiger partial charge in [-0.05, 0) is 37.6 Å². The Labute approximate surface area is 108 Å². The lowest BCUT2D eigenvalue weighted by atomic mass is 10.2. The number of nitrogens with one attached hydrogen (secondary N) is 2. The fourth-order valence-corrected chi connectivity index (χ4v) is 1.60. The monoisotopic (exact) mass is 254 g/mol. The van der Waals surface area contributed by atoms with Crippen LogP contribution in [0.4, 0.5) is 5.69 Å². The number of halogens is 1. The summed E-state index contributed by atoms with van der Waals surface area (Å²) in [7, 11) is 0. The standard InChI is InChI=1S/C13H19ClN2O/c1-3-4-7-15-9-13(17)16-12-8-11(14)6-5-10(12)2/h5-6,8,15H,3-4,7,9H2,1-2H3,(H,16,17). The lowest BCUT2D eigenvalue weighted by Gasteiger charge is -2.09. The number of unbranched alkanes of at least 4 members (excludes halogenated alkanes) is 1. The summed E-state index contributed by atoms with van der Waals surface area (Å²) in [5, 5.41) is 6.57. The van der Waals surface area contributed by atoms with Crippen molar-refractivity contribution in [3.63, 3.8) is 0 Å². The van der Waals surface area contributed by atoms with E-state index in [0.29, 0.717) is 11.6 Å². The minimum Gasteiger partial charge on any atom is -0.325 e. The lowest BCUT2D eigenvalue weighted by molar-refractivity contribution is -0.115. The molecule has 2 N–H and O–H groups in total. The zero-order chi connectivity index (χ0) is 12.7. The summed E-state index contributed by atoms with van der Waals surface area (Å²) < 4.78 is 0. The molecule has 0 fully saturated rings. The van der Waals surface area contributed by atoms with Gasteiger partial charge in [-0.25, -0.2) is 0 Å². The zero-order valence-electron chi connectivity index (χ0n) is 10.3. The van der Waals surface area contributed by atoms with E-state index in [1.165, 1.54) is 0 Å². The van der Waals surface area contributed by atoms with Crippen LogP contribution in [0.3, 0.4) is 0 Å². The van der Waals surface area contributed by atoms with Gasteiger partial charge in [0.25, 0.3) is 0 Å². The maximum atomic E-state index is 11.6. The molecule has 0 saturated carbocycles. The van der Waals surface area contributed by atoms with Gasteiger partial charge in [0.1, 0.15) is 0 Å². The molecule has 0 bridgehead atoms. The second kappa shape index (κ2) is 7.30. The summed E-state index contributed by atoms with van der Waals surface area (Å²) in [6.45, 7) is 5.28. The van der Waals surface area contributed by atoms with Crippen LogP contribution in [0.5, 0.6) is 0 Å². The van der Waals surface area contributed by atoms with Crippen molar-refractivity contribution in [3.05, 3.63) is 28.8 Å². The second-order valence-electron chi connectivity index (χ2n) is 4.04. The van der Waals surface area contributed by atoms with E-state index in [0.717, 1.165) is 30.6 Å². The number of anilines is 1. The smallest absolute Gasteiger partial charge is 0.238 e. The molecule has 0 aromatic heterocycles. The van der Waals surface area contributed by atoms with Gasteiger partial charge in [0.2, 0.25) is 5.91 Å². The maximum Gasteiger partial charge on any atom is 0.238 e. The van der Waals surface area contributed by atoms with Crippen LogP contribution in [0.15, 0.2) is 18.2 Å². The molecule has 3 nitrogen and oxygen atoms in total. The van der Waals surface area contributed by atoms with Crippen molar-refractivity contribution in [2.45, 2.75) is 26.7 Å².